The molecule has 0 radical (unpaired) electrons. The fraction of sp³-hybridized carbons (Fsp3) is 0.182. The van der Waals surface area contributed by atoms with Gasteiger partial charge < -0.3 is 10.5 Å². The number of nitrogens with two attached hydrogens (primary N) is 1. The molecule has 0 saturated carbocycles. The Kier molecular flexibility index (Phi) is 3.24. The average Bonchev–Trinajstić information content (AvgIpc) is 2.37. The molecule has 0 saturated heterocycles. The summed E-state index contributed by atoms with van der Waals surface area (Å²) in [6, 6.07) is 4.30. The second kappa shape index (κ2) is 4.71. The summed E-state index contributed by atoms with van der Waals surface area (Å²) < 4.78 is 42.6. The first-order valence-electron chi connectivity index (χ1n) is 5.12. The Balaban J connectivity index is 2.46. The highest BCUT2D eigenvalue weighted by Crippen LogP contribution is 2.29. The molecule has 100 valence electrons. The summed E-state index contributed by atoms with van der Waals surface area (Å²) in [4.78, 5) is 10.5. The van der Waals surface area contributed by atoms with Gasteiger partial charge in [-0.1, -0.05) is 0 Å². The number of ether oxygens (including phenoxy) is 1. The smallest absolute Gasteiger partial charge is 0.451 e. The van der Waals surface area contributed by atoms with Crippen LogP contribution in [0.15, 0.2) is 24.4 Å². The summed E-state index contributed by atoms with van der Waals surface area (Å²) in [6.07, 6.45) is -3.30. The van der Waals surface area contributed by atoms with Crippen LogP contribution in [-0.4, -0.2) is 22.1 Å². The van der Waals surface area contributed by atoms with Crippen molar-refractivity contribution in [3.63, 3.8) is 0 Å². The van der Waals surface area contributed by atoms with Crippen LogP contribution >= 0.6 is 0 Å². The highest BCUT2D eigenvalue weighted by atomic mass is 19.4. The zero-order valence-corrected chi connectivity index (χ0v) is 9.77. The maximum atomic E-state index is 12.6. The van der Waals surface area contributed by atoms with Crippen LogP contribution < -0.4 is 10.5 Å². The minimum atomic E-state index is -4.65. The Morgan fingerprint density at radius 2 is 1.95 bits per heavy atom. The third-order valence-corrected chi connectivity index (χ3v) is 2.24. The van der Waals surface area contributed by atoms with Crippen molar-refractivity contribution in [1.82, 2.24) is 15.0 Å². The van der Waals surface area contributed by atoms with Gasteiger partial charge in [-0.15, -0.1) is 0 Å². The second-order valence-electron chi connectivity index (χ2n) is 3.59. The molecular weight excluding hydrogens is 261 g/mol. The number of aromatic nitrogens is 3. The van der Waals surface area contributed by atoms with Gasteiger partial charge in [0.05, 0.1) is 12.8 Å². The second-order valence-corrected chi connectivity index (χ2v) is 3.59. The number of nitrogens with zero attached hydrogens (tertiary/aromatic N) is 3. The molecule has 0 aromatic carbocycles. The van der Waals surface area contributed by atoms with E-state index in [1.807, 2.05) is 0 Å². The first kappa shape index (κ1) is 13.1. The number of hydrogen-bond donors (Lipinski definition) is 1. The van der Waals surface area contributed by atoms with E-state index in [1.54, 1.807) is 0 Å². The molecule has 0 fully saturated rings. The van der Waals surface area contributed by atoms with Crippen molar-refractivity contribution in [3.05, 3.63) is 30.2 Å². The quantitative estimate of drug-likeness (QED) is 0.905. The molecule has 2 aromatic heterocycles. The number of nitrogen functional groups attached to an aromatic ring is 1. The van der Waals surface area contributed by atoms with Crippen molar-refractivity contribution >= 4 is 5.82 Å². The van der Waals surface area contributed by atoms with E-state index in [0.717, 1.165) is 0 Å². The van der Waals surface area contributed by atoms with E-state index in [0.29, 0.717) is 11.4 Å². The predicted octanol–water partition coefficient (Wildman–Crippen LogP) is 2.15. The minimum absolute atomic E-state index is 0.0509. The van der Waals surface area contributed by atoms with Crippen LogP contribution in [0, 0.1) is 0 Å². The summed E-state index contributed by atoms with van der Waals surface area (Å²) in [7, 11) is 1.44. The Bertz CT molecular complexity index is 583. The minimum Gasteiger partial charge on any atom is -0.481 e. The Labute approximate surface area is 106 Å². The van der Waals surface area contributed by atoms with Gasteiger partial charge >= 0.3 is 6.18 Å². The number of halogens is 3. The topological polar surface area (TPSA) is 73.9 Å². The monoisotopic (exact) mass is 270 g/mol. The molecule has 2 rings (SSSR count). The number of rotatable bonds is 2. The largest absolute Gasteiger partial charge is 0.481 e. The van der Waals surface area contributed by atoms with Gasteiger partial charge in [0, 0.05) is 23.9 Å². The number of anilines is 1. The van der Waals surface area contributed by atoms with Crippen LogP contribution in [0.4, 0.5) is 19.0 Å². The maximum absolute atomic E-state index is 12.6. The number of methoxy groups -OCH3 is 1. The molecule has 0 aliphatic heterocycles. The predicted molar refractivity (Wildman–Crippen MR) is 61.2 cm³/mol. The third-order valence-electron chi connectivity index (χ3n) is 2.24. The lowest BCUT2D eigenvalue weighted by atomic mass is 10.2. The van der Waals surface area contributed by atoms with Crippen molar-refractivity contribution in [1.29, 1.82) is 0 Å². The highest BCUT2D eigenvalue weighted by molar-refractivity contribution is 5.61. The molecule has 8 heteroatoms. The van der Waals surface area contributed by atoms with Crippen LogP contribution in [0.25, 0.3) is 11.3 Å². The average molecular weight is 270 g/mol. The van der Waals surface area contributed by atoms with Crippen molar-refractivity contribution in [2.75, 3.05) is 12.8 Å². The van der Waals surface area contributed by atoms with E-state index in [4.69, 9.17) is 10.5 Å². The van der Waals surface area contributed by atoms with Crippen molar-refractivity contribution in [2.45, 2.75) is 6.18 Å². The summed E-state index contributed by atoms with van der Waals surface area (Å²) in [5.41, 5.74) is 5.79. The SMILES string of the molecule is COc1ccc(-c2cc(N)nc(C(F)(F)F)n2)cn1. The zero-order valence-electron chi connectivity index (χ0n) is 9.77. The summed E-state index contributed by atoms with van der Waals surface area (Å²) in [5.74, 6) is -1.19. The highest BCUT2D eigenvalue weighted by Gasteiger charge is 2.35. The normalized spacial score (nSPS) is 11.4. The third kappa shape index (κ3) is 2.90. The van der Waals surface area contributed by atoms with Crippen LogP contribution in [-0.2, 0) is 6.18 Å². The number of alkyl halides is 3. The lowest BCUT2D eigenvalue weighted by molar-refractivity contribution is -0.144. The molecule has 2 N–H and O–H groups in total. The molecular formula is C11H9F3N4O. The van der Waals surface area contributed by atoms with Crippen molar-refractivity contribution < 1.29 is 17.9 Å². The number of pyridine rings is 1. The van der Waals surface area contributed by atoms with E-state index in [1.165, 1.54) is 31.5 Å². The standard InChI is InChI=1S/C11H9F3N4O/c1-19-9-3-2-6(5-16-9)7-4-8(15)18-10(17-7)11(12,13)14/h2-5H,1H3,(H2,15,17,18). The van der Waals surface area contributed by atoms with Crippen molar-refractivity contribution in [2.24, 2.45) is 0 Å². The Morgan fingerprint density at radius 3 is 2.47 bits per heavy atom. The molecule has 0 spiro atoms. The molecule has 19 heavy (non-hydrogen) atoms. The molecule has 5 nitrogen and oxygen atoms in total. The van der Waals surface area contributed by atoms with E-state index in [-0.39, 0.29) is 11.5 Å². The van der Waals surface area contributed by atoms with Gasteiger partial charge in [0.2, 0.25) is 11.7 Å². The molecule has 0 amide bonds. The van der Waals surface area contributed by atoms with E-state index in [2.05, 4.69) is 15.0 Å². The van der Waals surface area contributed by atoms with Gasteiger partial charge in [-0.05, 0) is 6.07 Å². The fourth-order valence-electron chi connectivity index (χ4n) is 1.39. The van der Waals surface area contributed by atoms with Crippen molar-refractivity contribution in [3.8, 4) is 17.1 Å². The Morgan fingerprint density at radius 1 is 1.21 bits per heavy atom. The molecule has 2 aromatic rings. The van der Waals surface area contributed by atoms with Gasteiger partial charge in [0.25, 0.3) is 0 Å². The lowest BCUT2D eigenvalue weighted by Crippen LogP contribution is -2.13. The maximum Gasteiger partial charge on any atom is 0.451 e. The summed E-state index contributed by atoms with van der Waals surface area (Å²) >= 11 is 0. The zero-order chi connectivity index (χ0) is 14.0. The van der Waals surface area contributed by atoms with Gasteiger partial charge in [0.15, 0.2) is 0 Å². The molecule has 2 heterocycles. The van der Waals surface area contributed by atoms with Crippen LogP contribution in [0.3, 0.4) is 0 Å². The summed E-state index contributed by atoms with van der Waals surface area (Å²) in [5, 5.41) is 0. The molecule has 0 atom stereocenters. The van der Waals surface area contributed by atoms with Gasteiger partial charge in [-0.25, -0.2) is 15.0 Å². The van der Waals surface area contributed by atoms with Gasteiger partial charge in [-0.2, -0.15) is 13.2 Å². The van der Waals surface area contributed by atoms with E-state index < -0.39 is 12.0 Å². The van der Waals surface area contributed by atoms with Crippen LogP contribution in [0.5, 0.6) is 5.88 Å². The van der Waals surface area contributed by atoms with Gasteiger partial charge in [-0.3, -0.25) is 0 Å². The first-order chi connectivity index (χ1) is 8.90. The first-order valence-corrected chi connectivity index (χ1v) is 5.12. The number of hydrogen-bond acceptors (Lipinski definition) is 5. The fourth-order valence-corrected chi connectivity index (χ4v) is 1.39. The van der Waals surface area contributed by atoms with E-state index in [9.17, 15) is 13.2 Å². The molecule has 0 aliphatic carbocycles. The molecule has 0 unspecified atom stereocenters. The molecule has 0 bridgehead atoms. The molecule has 0 aliphatic rings. The van der Waals surface area contributed by atoms with Crippen LogP contribution in [0.1, 0.15) is 5.82 Å². The van der Waals surface area contributed by atoms with Gasteiger partial charge in [0.1, 0.15) is 5.82 Å². The Hall–Kier alpha value is -2.38. The van der Waals surface area contributed by atoms with Crippen LogP contribution in [0.2, 0.25) is 0 Å². The van der Waals surface area contributed by atoms with E-state index >= 15 is 0 Å². The lowest BCUT2D eigenvalue weighted by Gasteiger charge is -2.08. The summed E-state index contributed by atoms with van der Waals surface area (Å²) in [6.45, 7) is 0.